The number of rotatable bonds is 5. The van der Waals surface area contributed by atoms with Crippen LogP contribution in [0, 0.1) is 0 Å². The molecule has 0 radical (unpaired) electrons. The first kappa shape index (κ1) is 9.29. The molecule has 2 rings (SSSR count). The number of nitrogens with one attached hydrogen (secondary N) is 2. The van der Waals surface area contributed by atoms with E-state index in [2.05, 4.69) is 24.9 Å². The van der Waals surface area contributed by atoms with Gasteiger partial charge in [-0.25, -0.2) is 4.98 Å². The lowest BCUT2D eigenvalue weighted by atomic mass is 10.3. The number of nitrogens with zero attached hydrogens (tertiary/aromatic N) is 3. The Morgan fingerprint density at radius 2 is 2.50 bits per heavy atom. The molecule has 0 aliphatic rings. The normalized spacial score (nSPS) is 10.6. The van der Waals surface area contributed by atoms with E-state index in [4.69, 9.17) is 0 Å². The molecule has 0 aliphatic carbocycles. The zero-order valence-corrected chi connectivity index (χ0v) is 8.42. The molecule has 0 bridgehead atoms. The summed E-state index contributed by atoms with van der Waals surface area (Å²) in [4.78, 5) is 7.00. The van der Waals surface area contributed by atoms with Gasteiger partial charge in [-0.05, 0) is 11.5 Å². The van der Waals surface area contributed by atoms with Crippen molar-refractivity contribution in [3.8, 4) is 0 Å². The molecule has 0 fully saturated rings. The summed E-state index contributed by atoms with van der Waals surface area (Å²) < 4.78 is 3.79. The second-order valence-corrected chi connectivity index (χ2v) is 3.51. The van der Waals surface area contributed by atoms with Crippen LogP contribution in [0.15, 0.2) is 17.9 Å². The van der Waals surface area contributed by atoms with Gasteiger partial charge < -0.3 is 10.3 Å². The fraction of sp³-hybridized carbons (Fsp3) is 0.375. The maximum atomic E-state index is 3.95. The van der Waals surface area contributed by atoms with Crippen molar-refractivity contribution in [1.82, 2.24) is 24.9 Å². The van der Waals surface area contributed by atoms with E-state index >= 15 is 0 Å². The van der Waals surface area contributed by atoms with E-state index in [1.807, 2.05) is 11.6 Å². The predicted molar refractivity (Wildman–Crippen MR) is 53.9 cm³/mol. The molecule has 2 aromatic rings. The zero-order chi connectivity index (χ0) is 9.64. The van der Waals surface area contributed by atoms with E-state index in [0.29, 0.717) is 0 Å². The van der Waals surface area contributed by atoms with Crippen LogP contribution in [0.2, 0.25) is 0 Å². The van der Waals surface area contributed by atoms with E-state index in [9.17, 15) is 0 Å². The molecular weight excluding hydrogens is 198 g/mol. The van der Waals surface area contributed by atoms with Crippen molar-refractivity contribution in [1.29, 1.82) is 0 Å². The summed E-state index contributed by atoms with van der Waals surface area (Å²) >= 11 is 1.38. The Hall–Kier alpha value is -1.27. The van der Waals surface area contributed by atoms with Crippen LogP contribution >= 0.6 is 11.5 Å². The Morgan fingerprint density at radius 3 is 3.21 bits per heavy atom. The van der Waals surface area contributed by atoms with Crippen molar-refractivity contribution in [2.75, 3.05) is 6.54 Å². The summed E-state index contributed by atoms with van der Waals surface area (Å²) in [6, 6.07) is 0. The number of aromatic nitrogens is 4. The van der Waals surface area contributed by atoms with Crippen molar-refractivity contribution in [3.05, 3.63) is 29.3 Å². The molecule has 14 heavy (non-hydrogen) atoms. The summed E-state index contributed by atoms with van der Waals surface area (Å²) in [7, 11) is 0. The quantitative estimate of drug-likeness (QED) is 0.707. The number of imidazole rings is 1. The Morgan fingerprint density at radius 1 is 1.50 bits per heavy atom. The smallest absolute Gasteiger partial charge is 0.0921 e. The molecule has 6 heteroatoms. The van der Waals surface area contributed by atoms with E-state index in [1.54, 1.807) is 6.33 Å². The van der Waals surface area contributed by atoms with Crippen molar-refractivity contribution in [3.63, 3.8) is 0 Å². The lowest BCUT2D eigenvalue weighted by Crippen LogP contribution is -2.17. The first-order chi connectivity index (χ1) is 6.95. The second-order valence-electron chi connectivity index (χ2n) is 2.90. The average Bonchev–Trinajstić information content (AvgIpc) is 2.86. The number of aromatic amines is 1. The van der Waals surface area contributed by atoms with Gasteiger partial charge in [-0.2, -0.15) is 0 Å². The van der Waals surface area contributed by atoms with Crippen molar-refractivity contribution in [2.45, 2.75) is 13.0 Å². The van der Waals surface area contributed by atoms with Gasteiger partial charge >= 0.3 is 0 Å². The molecule has 0 saturated carbocycles. The van der Waals surface area contributed by atoms with Crippen molar-refractivity contribution < 1.29 is 0 Å². The number of H-pyrrole nitrogens is 1. The van der Waals surface area contributed by atoms with Gasteiger partial charge in [0.15, 0.2) is 0 Å². The van der Waals surface area contributed by atoms with Crippen LogP contribution < -0.4 is 5.32 Å². The highest BCUT2D eigenvalue weighted by atomic mass is 32.1. The van der Waals surface area contributed by atoms with E-state index < -0.39 is 0 Å². The number of hydrogen-bond acceptors (Lipinski definition) is 5. The fourth-order valence-corrected chi connectivity index (χ4v) is 1.57. The minimum Gasteiger partial charge on any atom is -0.348 e. The average molecular weight is 209 g/mol. The van der Waals surface area contributed by atoms with Crippen molar-refractivity contribution >= 4 is 11.5 Å². The van der Waals surface area contributed by atoms with Crippen LogP contribution in [-0.2, 0) is 13.0 Å². The highest BCUT2D eigenvalue weighted by molar-refractivity contribution is 7.03. The Labute approximate surface area is 85.8 Å². The topological polar surface area (TPSA) is 66.5 Å². The van der Waals surface area contributed by atoms with E-state index in [0.717, 1.165) is 30.9 Å². The standard InChI is InChI=1S/C8H11N5S/c1(7-3-10-6-11-7)2-9-4-8-5-14-13-12-8/h3,5-6,9H,1-2,4H2,(H,10,11). The SMILES string of the molecule is c1ncc(CCNCc2csnn2)[nH]1. The molecule has 74 valence electrons. The largest absolute Gasteiger partial charge is 0.348 e. The maximum absolute atomic E-state index is 3.95. The summed E-state index contributed by atoms with van der Waals surface area (Å²) in [5.41, 5.74) is 2.15. The van der Waals surface area contributed by atoms with Gasteiger partial charge in [0, 0.05) is 36.8 Å². The molecule has 0 aliphatic heterocycles. The Kier molecular flexibility index (Phi) is 3.20. The van der Waals surface area contributed by atoms with Gasteiger partial charge in [0.25, 0.3) is 0 Å². The third-order valence-corrected chi connectivity index (χ3v) is 2.39. The lowest BCUT2D eigenvalue weighted by molar-refractivity contribution is 0.668. The fourth-order valence-electron chi connectivity index (χ4n) is 1.12. The van der Waals surface area contributed by atoms with Gasteiger partial charge in [-0.3, -0.25) is 0 Å². The molecule has 0 spiro atoms. The summed E-state index contributed by atoms with van der Waals surface area (Å²) in [5.74, 6) is 0. The molecular formula is C8H11N5S. The molecule has 0 saturated heterocycles. The van der Waals surface area contributed by atoms with E-state index in [1.165, 1.54) is 11.5 Å². The van der Waals surface area contributed by atoms with Crippen molar-refractivity contribution in [2.24, 2.45) is 0 Å². The molecule has 2 heterocycles. The minimum absolute atomic E-state index is 0.782. The molecule has 2 aromatic heterocycles. The van der Waals surface area contributed by atoms with E-state index in [-0.39, 0.29) is 0 Å². The molecule has 0 unspecified atom stereocenters. The Balaban J connectivity index is 1.65. The van der Waals surface area contributed by atoms with Crippen LogP contribution in [0.3, 0.4) is 0 Å². The molecule has 0 atom stereocenters. The predicted octanol–water partition coefficient (Wildman–Crippen LogP) is 0.594. The molecule has 0 amide bonds. The monoisotopic (exact) mass is 209 g/mol. The van der Waals surface area contributed by atoms with Gasteiger partial charge in [-0.15, -0.1) is 5.10 Å². The van der Waals surface area contributed by atoms with Crippen LogP contribution in [-0.4, -0.2) is 26.1 Å². The Bertz CT molecular complexity index is 305. The highest BCUT2D eigenvalue weighted by Crippen LogP contribution is 1.96. The zero-order valence-electron chi connectivity index (χ0n) is 7.60. The van der Waals surface area contributed by atoms with Crippen LogP contribution in [0.5, 0.6) is 0 Å². The van der Waals surface area contributed by atoms with Gasteiger partial charge in [0.05, 0.1) is 12.0 Å². The van der Waals surface area contributed by atoms with Gasteiger partial charge in [0.2, 0.25) is 0 Å². The van der Waals surface area contributed by atoms with Crippen LogP contribution in [0.4, 0.5) is 0 Å². The van der Waals surface area contributed by atoms with Gasteiger partial charge in [-0.1, -0.05) is 4.49 Å². The first-order valence-corrected chi connectivity index (χ1v) is 5.23. The third kappa shape index (κ3) is 2.61. The van der Waals surface area contributed by atoms with Crippen LogP contribution in [0.1, 0.15) is 11.4 Å². The third-order valence-electron chi connectivity index (χ3n) is 1.84. The maximum Gasteiger partial charge on any atom is 0.0921 e. The summed E-state index contributed by atoms with van der Waals surface area (Å²) in [6.07, 6.45) is 4.49. The minimum atomic E-state index is 0.782. The summed E-state index contributed by atoms with van der Waals surface area (Å²) in [6.45, 7) is 1.70. The summed E-state index contributed by atoms with van der Waals surface area (Å²) in [5, 5.41) is 9.17. The van der Waals surface area contributed by atoms with Crippen LogP contribution in [0.25, 0.3) is 0 Å². The molecule has 0 aromatic carbocycles. The molecule has 5 nitrogen and oxygen atoms in total. The molecule has 2 N–H and O–H groups in total. The first-order valence-electron chi connectivity index (χ1n) is 4.39. The second kappa shape index (κ2) is 4.83. The highest BCUT2D eigenvalue weighted by Gasteiger charge is 1.96. The van der Waals surface area contributed by atoms with Gasteiger partial charge in [0.1, 0.15) is 0 Å². The number of hydrogen-bond donors (Lipinski definition) is 2. The lowest BCUT2D eigenvalue weighted by Gasteiger charge is -1.99.